The van der Waals surface area contributed by atoms with E-state index in [1.54, 1.807) is 36.1 Å². The highest BCUT2D eigenvalue weighted by molar-refractivity contribution is 5.97. The minimum atomic E-state index is -0.739. The molecule has 2 heterocycles. The lowest BCUT2D eigenvalue weighted by molar-refractivity contribution is -0.128. The Morgan fingerprint density at radius 3 is 2.16 bits per heavy atom. The molecule has 0 aromatic heterocycles. The molecule has 1 atom stereocenters. The molecule has 0 spiro atoms. The van der Waals surface area contributed by atoms with Crippen molar-refractivity contribution >= 4 is 11.6 Å². The highest BCUT2D eigenvalue weighted by Gasteiger charge is 2.38. The van der Waals surface area contributed by atoms with Crippen LogP contribution < -0.4 is 10.6 Å². The van der Waals surface area contributed by atoms with E-state index >= 15 is 0 Å². The third-order valence-electron chi connectivity index (χ3n) is 5.80. The number of nitrogens with zero attached hydrogens (tertiary/aromatic N) is 3. The van der Waals surface area contributed by atoms with Crippen LogP contribution in [0.3, 0.4) is 0 Å². The summed E-state index contributed by atoms with van der Waals surface area (Å²) in [7, 11) is 0. The first-order valence-electron chi connectivity index (χ1n) is 10.2. The average Bonchev–Trinajstić information content (AvgIpc) is 2.79. The molecule has 2 N–H and O–H groups in total. The predicted octanol–water partition coefficient (Wildman–Crippen LogP) is 3.40. The molecule has 1 saturated heterocycles. The number of hydrogen-bond acceptors (Lipinski definition) is 5. The van der Waals surface area contributed by atoms with Crippen LogP contribution in [0.1, 0.15) is 18.4 Å². The van der Waals surface area contributed by atoms with E-state index in [1.165, 1.54) is 24.3 Å². The van der Waals surface area contributed by atoms with E-state index < -0.39 is 11.7 Å². The largest absolute Gasteiger partial charge is 0.445 e. The van der Waals surface area contributed by atoms with E-state index in [1.807, 2.05) is 0 Å². The fraction of sp³-hybridized carbons (Fsp3) is 0.250. The topological polar surface area (TPSA) is 82.6 Å². The number of hydrogen-bond donors (Lipinski definition) is 1. The predicted molar refractivity (Wildman–Crippen MR) is 115 cm³/mol. The molecule has 0 saturated carbocycles. The zero-order chi connectivity index (χ0) is 22.8. The van der Waals surface area contributed by atoms with E-state index in [-0.39, 0.29) is 23.2 Å². The Kier molecular flexibility index (Phi) is 5.82. The molecule has 1 amide bonds. The van der Waals surface area contributed by atoms with Gasteiger partial charge < -0.3 is 20.3 Å². The molecule has 0 unspecified atom stereocenters. The number of nitriles is 1. The van der Waals surface area contributed by atoms with Crippen LogP contribution in [0.2, 0.25) is 0 Å². The summed E-state index contributed by atoms with van der Waals surface area (Å²) in [6.45, 7) is 3.69. The van der Waals surface area contributed by atoms with Crippen molar-refractivity contribution in [2.45, 2.75) is 12.8 Å². The Morgan fingerprint density at radius 1 is 1.03 bits per heavy atom. The molecule has 2 aromatic rings. The normalized spacial score (nSPS) is 19.0. The first kappa shape index (κ1) is 21.4. The van der Waals surface area contributed by atoms with E-state index in [0.717, 1.165) is 5.69 Å². The quantitative estimate of drug-likeness (QED) is 0.798. The summed E-state index contributed by atoms with van der Waals surface area (Å²) in [5.41, 5.74) is 7.85. The van der Waals surface area contributed by atoms with Gasteiger partial charge in [-0.15, -0.1) is 0 Å². The van der Waals surface area contributed by atoms with E-state index in [2.05, 4.69) is 11.0 Å². The lowest BCUT2D eigenvalue weighted by atomic mass is 9.82. The number of rotatable bonds is 3. The fourth-order valence-electron chi connectivity index (χ4n) is 4.14. The Bertz CT molecular complexity index is 1130. The Labute approximate surface area is 184 Å². The van der Waals surface area contributed by atoms with Gasteiger partial charge in [-0.2, -0.15) is 5.26 Å². The fourth-order valence-corrected chi connectivity index (χ4v) is 4.14. The van der Waals surface area contributed by atoms with Crippen LogP contribution >= 0.6 is 0 Å². The van der Waals surface area contributed by atoms with Gasteiger partial charge in [0.1, 0.15) is 29.0 Å². The number of amides is 1. The van der Waals surface area contributed by atoms with Gasteiger partial charge in [-0.05, 0) is 48.9 Å². The second-order valence-electron chi connectivity index (χ2n) is 7.70. The standard InChI is InChI=1S/C24H22F2N4O2/c1-15-21(22(20(14-27)23(28)32-15)16-2-4-17(25)5-3-16)24(31)30-12-10-29(11-13-30)19-8-6-18(26)7-9-19/h2-9,22H,10-13,28H2,1H3/t22-/m0/s1. The number of halogens is 2. The third-order valence-corrected chi connectivity index (χ3v) is 5.80. The summed E-state index contributed by atoms with van der Waals surface area (Å²) < 4.78 is 32.2. The molecular weight excluding hydrogens is 414 g/mol. The van der Waals surface area contributed by atoms with Crippen molar-refractivity contribution in [2.24, 2.45) is 5.73 Å². The van der Waals surface area contributed by atoms with Crippen molar-refractivity contribution in [1.82, 2.24) is 4.90 Å². The first-order chi connectivity index (χ1) is 15.4. The Balaban J connectivity index is 1.58. The molecule has 0 aliphatic carbocycles. The zero-order valence-corrected chi connectivity index (χ0v) is 17.5. The maximum Gasteiger partial charge on any atom is 0.254 e. The van der Waals surface area contributed by atoms with Gasteiger partial charge >= 0.3 is 0 Å². The third kappa shape index (κ3) is 4.02. The monoisotopic (exact) mass is 436 g/mol. The van der Waals surface area contributed by atoms with Crippen LogP contribution in [0.4, 0.5) is 14.5 Å². The van der Waals surface area contributed by atoms with Crippen LogP contribution in [-0.4, -0.2) is 37.0 Å². The average molecular weight is 436 g/mol. The number of carbonyl (C=O) groups is 1. The van der Waals surface area contributed by atoms with E-state index in [9.17, 15) is 18.8 Å². The second-order valence-corrected chi connectivity index (χ2v) is 7.70. The number of ether oxygens (including phenoxy) is 1. The Hall–Kier alpha value is -3.86. The molecule has 1 fully saturated rings. The van der Waals surface area contributed by atoms with Crippen LogP contribution in [0.25, 0.3) is 0 Å². The summed E-state index contributed by atoms with van der Waals surface area (Å²) >= 11 is 0. The molecule has 2 aliphatic rings. The zero-order valence-electron chi connectivity index (χ0n) is 17.5. The molecular formula is C24H22F2N4O2. The van der Waals surface area contributed by atoms with Crippen LogP contribution in [0.5, 0.6) is 0 Å². The lowest BCUT2D eigenvalue weighted by Crippen LogP contribution is -2.50. The molecule has 2 aliphatic heterocycles. The van der Waals surface area contributed by atoms with Gasteiger partial charge in [-0.1, -0.05) is 12.1 Å². The molecule has 164 valence electrons. The summed E-state index contributed by atoms with van der Waals surface area (Å²) in [5, 5.41) is 9.70. The lowest BCUT2D eigenvalue weighted by Gasteiger charge is -2.38. The van der Waals surface area contributed by atoms with Crippen molar-refractivity contribution < 1.29 is 18.3 Å². The summed E-state index contributed by atoms with van der Waals surface area (Å²) in [6.07, 6.45) is 0. The number of allylic oxidation sites excluding steroid dienone is 2. The van der Waals surface area contributed by atoms with E-state index in [0.29, 0.717) is 43.1 Å². The first-order valence-corrected chi connectivity index (χ1v) is 10.2. The van der Waals surface area contributed by atoms with Gasteiger partial charge in [0.25, 0.3) is 5.91 Å². The maximum absolute atomic E-state index is 13.5. The maximum atomic E-state index is 13.5. The van der Waals surface area contributed by atoms with E-state index in [4.69, 9.17) is 10.5 Å². The van der Waals surface area contributed by atoms with Crippen LogP contribution in [0, 0.1) is 23.0 Å². The minimum absolute atomic E-state index is 0.0583. The van der Waals surface area contributed by atoms with Gasteiger partial charge in [0.15, 0.2) is 0 Å². The highest BCUT2D eigenvalue weighted by Crippen LogP contribution is 2.40. The number of carbonyl (C=O) groups excluding carboxylic acids is 1. The van der Waals surface area contributed by atoms with Crippen LogP contribution in [0.15, 0.2) is 71.3 Å². The molecule has 0 radical (unpaired) electrons. The molecule has 32 heavy (non-hydrogen) atoms. The van der Waals surface area contributed by atoms with Gasteiger partial charge in [-0.25, -0.2) is 8.78 Å². The van der Waals surface area contributed by atoms with Gasteiger partial charge in [0, 0.05) is 31.9 Å². The highest BCUT2D eigenvalue weighted by atomic mass is 19.1. The molecule has 2 aromatic carbocycles. The van der Waals surface area contributed by atoms with Crippen molar-refractivity contribution in [3.63, 3.8) is 0 Å². The van der Waals surface area contributed by atoms with Crippen molar-refractivity contribution in [2.75, 3.05) is 31.1 Å². The summed E-state index contributed by atoms with van der Waals surface area (Å²) in [5.74, 6) is -1.44. The number of piperazine rings is 1. The SMILES string of the molecule is CC1=C(C(=O)N2CCN(c3ccc(F)cc3)CC2)[C@@H](c2ccc(F)cc2)C(C#N)=C(N)O1. The molecule has 8 heteroatoms. The molecule has 0 bridgehead atoms. The smallest absolute Gasteiger partial charge is 0.254 e. The Morgan fingerprint density at radius 2 is 1.59 bits per heavy atom. The molecule has 4 rings (SSSR count). The van der Waals surface area contributed by atoms with Crippen LogP contribution in [-0.2, 0) is 9.53 Å². The summed E-state index contributed by atoms with van der Waals surface area (Å²) in [6, 6.07) is 14.0. The number of nitrogens with two attached hydrogens (primary N) is 1. The summed E-state index contributed by atoms with van der Waals surface area (Å²) in [4.78, 5) is 17.3. The molecule has 6 nitrogen and oxygen atoms in total. The van der Waals surface area contributed by atoms with Crippen molar-refractivity contribution in [3.8, 4) is 6.07 Å². The second kappa shape index (κ2) is 8.71. The van der Waals surface area contributed by atoms with Crippen molar-refractivity contribution in [3.05, 3.63) is 88.5 Å². The van der Waals surface area contributed by atoms with Crippen molar-refractivity contribution in [1.29, 1.82) is 5.26 Å². The van der Waals surface area contributed by atoms with Gasteiger partial charge in [0.2, 0.25) is 5.88 Å². The number of anilines is 1. The van der Waals surface area contributed by atoms with Gasteiger partial charge in [0.05, 0.1) is 11.5 Å². The number of benzene rings is 2. The minimum Gasteiger partial charge on any atom is -0.445 e. The van der Waals surface area contributed by atoms with Gasteiger partial charge in [-0.3, -0.25) is 4.79 Å².